The summed E-state index contributed by atoms with van der Waals surface area (Å²) >= 11 is 0. The van der Waals surface area contributed by atoms with Gasteiger partial charge in [-0.2, -0.15) is 4.98 Å². The lowest BCUT2D eigenvalue weighted by atomic mass is 10.3. The van der Waals surface area contributed by atoms with Crippen LogP contribution in [0, 0.1) is 6.92 Å². The van der Waals surface area contributed by atoms with E-state index < -0.39 is 0 Å². The summed E-state index contributed by atoms with van der Waals surface area (Å²) in [5, 5.41) is 0. The number of aryl methyl sites for hydroxylation is 2. The van der Waals surface area contributed by atoms with Crippen molar-refractivity contribution in [3.63, 3.8) is 0 Å². The second kappa shape index (κ2) is 7.74. The molecule has 11 heteroatoms. The molecule has 5 heterocycles. The molecule has 31 heavy (non-hydrogen) atoms. The molecule has 1 saturated heterocycles. The molecule has 0 radical (unpaired) electrons. The summed E-state index contributed by atoms with van der Waals surface area (Å²) in [6, 6.07) is -0.117. The lowest BCUT2D eigenvalue weighted by molar-refractivity contribution is 0.185. The molecular formula is C20H21N9O2. The predicted octanol–water partition coefficient (Wildman–Crippen LogP) is 1.93. The Labute approximate surface area is 177 Å². The highest BCUT2D eigenvalue weighted by molar-refractivity contribution is 5.81. The SMILES string of the molecule is CCn1c(-c2cnc(C)nc2)nc2c(OC3CCN(C(=O)n4ccnc4)C3)ncnc21. The van der Waals surface area contributed by atoms with E-state index in [4.69, 9.17) is 9.72 Å². The van der Waals surface area contributed by atoms with Crippen LogP contribution in [0.1, 0.15) is 19.2 Å². The number of carbonyl (C=O) groups is 1. The Morgan fingerprint density at radius 2 is 2.06 bits per heavy atom. The Bertz CT molecular complexity index is 1220. The molecule has 0 spiro atoms. The number of amides is 1. The summed E-state index contributed by atoms with van der Waals surface area (Å²) in [6.07, 6.45) is 10.2. The maximum Gasteiger partial charge on any atom is 0.329 e. The van der Waals surface area contributed by atoms with Crippen molar-refractivity contribution in [2.24, 2.45) is 0 Å². The Morgan fingerprint density at radius 1 is 1.23 bits per heavy atom. The molecule has 1 aliphatic rings. The second-order valence-electron chi connectivity index (χ2n) is 7.28. The number of hydrogen-bond acceptors (Lipinski definition) is 8. The second-order valence-corrected chi connectivity index (χ2v) is 7.28. The van der Waals surface area contributed by atoms with Crippen LogP contribution in [-0.4, -0.2) is 69.2 Å². The molecule has 11 nitrogen and oxygen atoms in total. The Balaban J connectivity index is 1.42. The molecule has 5 rings (SSSR count). The van der Waals surface area contributed by atoms with E-state index in [-0.39, 0.29) is 12.1 Å². The standard InChI is InChI=1S/C20H21N9O2/c1-3-29-17(14-8-22-13(2)23-9-14)26-16-18(29)24-11-25-19(16)31-15-4-6-27(10-15)20(30)28-7-5-21-12-28/h5,7-9,11-12,15H,3-4,6,10H2,1-2H3. The van der Waals surface area contributed by atoms with Gasteiger partial charge in [-0.05, 0) is 13.8 Å². The molecule has 1 unspecified atom stereocenters. The van der Waals surface area contributed by atoms with Crippen LogP contribution in [0.4, 0.5) is 4.79 Å². The third-order valence-electron chi connectivity index (χ3n) is 5.27. The molecule has 1 atom stereocenters. The van der Waals surface area contributed by atoms with Crippen LogP contribution in [0.5, 0.6) is 5.88 Å². The summed E-state index contributed by atoms with van der Waals surface area (Å²) in [4.78, 5) is 40.3. The van der Waals surface area contributed by atoms with Gasteiger partial charge in [0, 0.05) is 44.3 Å². The van der Waals surface area contributed by atoms with Crippen molar-refractivity contribution in [3.05, 3.63) is 43.3 Å². The quantitative estimate of drug-likeness (QED) is 0.493. The summed E-state index contributed by atoms with van der Waals surface area (Å²) in [6.45, 7) is 5.61. The molecule has 4 aromatic rings. The molecule has 0 aliphatic carbocycles. The molecule has 1 aliphatic heterocycles. The smallest absolute Gasteiger partial charge is 0.329 e. The van der Waals surface area contributed by atoms with E-state index >= 15 is 0 Å². The van der Waals surface area contributed by atoms with Gasteiger partial charge >= 0.3 is 6.03 Å². The van der Waals surface area contributed by atoms with Gasteiger partial charge in [-0.3, -0.25) is 4.57 Å². The van der Waals surface area contributed by atoms with Crippen LogP contribution in [0.2, 0.25) is 0 Å². The monoisotopic (exact) mass is 419 g/mol. The zero-order valence-electron chi connectivity index (χ0n) is 17.2. The zero-order valence-corrected chi connectivity index (χ0v) is 17.2. The summed E-state index contributed by atoms with van der Waals surface area (Å²) in [7, 11) is 0. The molecule has 158 valence electrons. The van der Waals surface area contributed by atoms with E-state index in [1.165, 1.54) is 17.2 Å². The summed E-state index contributed by atoms with van der Waals surface area (Å²) in [5.74, 6) is 1.82. The number of ether oxygens (including phenoxy) is 1. The fourth-order valence-electron chi connectivity index (χ4n) is 3.72. The van der Waals surface area contributed by atoms with Gasteiger partial charge in [0.1, 0.15) is 30.4 Å². The van der Waals surface area contributed by atoms with Crippen LogP contribution in [0.15, 0.2) is 37.4 Å². The Kier molecular flexibility index (Phi) is 4.77. The van der Waals surface area contributed by atoms with E-state index in [9.17, 15) is 4.79 Å². The Morgan fingerprint density at radius 3 is 2.81 bits per heavy atom. The van der Waals surface area contributed by atoms with Crippen molar-refractivity contribution in [1.82, 2.24) is 43.9 Å². The van der Waals surface area contributed by atoms with E-state index in [0.717, 1.165) is 5.56 Å². The summed E-state index contributed by atoms with van der Waals surface area (Å²) < 4.78 is 9.63. The van der Waals surface area contributed by atoms with E-state index in [2.05, 4.69) is 24.9 Å². The van der Waals surface area contributed by atoms with Crippen molar-refractivity contribution < 1.29 is 9.53 Å². The Hall–Kier alpha value is -3.89. The molecule has 0 aromatic carbocycles. The average Bonchev–Trinajstić information content (AvgIpc) is 3.54. The third kappa shape index (κ3) is 3.47. The topological polar surface area (TPSA) is 117 Å². The minimum Gasteiger partial charge on any atom is -0.471 e. The maximum absolute atomic E-state index is 12.5. The fraction of sp³-hybridized carbons (Fsp3) is 0.350. The van der Waals surface area contributed by atoms with Gasteiger partial charge in [-0.1, -0.05) is 0 Å². The number of nitrogens with zero attached hydrogens (tertiary/aromatic N) is 9. The number of rotatable bonds is 4. The van der Waals surface area contributed by atoms with Gasteiger partial charge in [0.25, 0.3) is 0 Å². The fourth-order valence-corrected chi connectivity index (χ4v) is 3.72. The molecule has 0 saturated carbocycles. The maximum atomic E-state index is 12.5. The number of carbonyl (C=O) groups excluding carboxylic acids is 1. The highest BCUT2D eigenvalue weighted by Crippen LogP contribution is 2.29. The van der Waals surface area contributed by atoms with Gasteiger partial charge in [0.05, 0.1) is 12.1 Å². The highest BCUT2D eigenvalue weighted by Gasteiger charge is 2.30. The van der Waals surface area contributed by atoms with Gasteiger partial charge in [-0.25, -0.2) is 29.7 Å². The number of fused-ring (bicyclic) bond motifs is 1. The van der Waals surface area contributed by atoms with E-state index in [0.29, 0.717) is 54.7 Å². The number of likely N-dealkylation sites (tertiary alicyclic amines) is 1. The van der Waals surface area contributed by atoms with Crippen molar-refractivity contribution in [2.45, 2.75) is 32.9 Å². The molecule has 0 N–H and O–H groups in total. The van der Waals surface area contributed by atoms with Crippen LogP contribution >= 0.6 is 0 Å². The predicted molar refractivity (Wildman–Crippen MR) is 110 cm³/mol. The minimum atomic E-state index is -0.177. The van der Waals surface area contributed by atoms with Crippen molar-refractivity contribution >= 4 is 17.2 Å². The van der Waals surface area contributed by atoms with Crippen LogP contribution in [0.3, 0.4) is 0 Å². The minimum absolute atomic E-state index is 0.117. The van der Waals surface area contributed by atoms with Crippen LogP contribution in [0.25, 0.3) is 22.6 Å². The van der Waals surface area contributed by atoms with Gasteiger partial charge in [0.2, 0.25) is 5.88 Å². The van der Waals surface area contributed by atoms with Crippen LogP contribution in [-0.2, 0) is 6.54 Å². The number of imidazole rings is 2. The lowest BCUT2D eigenvalue weighted by Gasteiger charge is -2.16. The molecular weight excluding hydrogens is 398 g/mol. The molecule has 0 bridgehead atoms. The van der Waals surface area contributed by atoms with Gasteiger partial charge in [0.15, 0.2) is 11.2 Å². The first-order valence-electron chi connectivity index (χ1n) is 10.1. The largest absolute Gasteiger partial charge is 0.471 e. The van der Waals surface area contributed by atoms with Crippen molar-refractivity contribution in [3.8, 4) is 17.3 Å². The van der Waals surface area contributed by atoms with E-state index in [1.807, 2.05) is 18.4 Å². The first-order valence-corrected chi connectivity index (χ1v) is 10.1. The van der Waals surface area contributed by atoms with E-state index in [1.54, 1.807) is 29.7 Å². The van der Waals surface area contributed by atoms with Gasteiger partial charge < -0.3 is 14.2 Å². The molecule has 4 aromatic heterocycles. The average molecular weight is 419 g/mol. The van der Waals surface area contributed by atoms with Crippen molar-refractivity contribution in [2.75, 3.05) is 13.1 Å². The highest BCUT2D eigenvalue weighted by atomic mass is 16.5. The van der Waals surface area contributed by atoms with Crippen LogP contribution < -0.4 is 4.74 Å². The number of aromatic nitrogens is 8. The summed E-state index contributed by atoms with van der Waals surface area (Å²) in [5.41, 5.74) is 2.07. The first-order chi connectivity index (χ1) is 15.1. The zero-order chi connectivity index (χ0) is 21.4. The van der Waals surface area contributed by atoms with Crippen molar-refractivity contribution in [1.29, 1.82) is 0 Å². The lowest BCUT2D eigenvalue weighted by Crippen LogP contribution is -2.33. The molecule has 1 fully saturated rings. The normalized spacial score (nSPS) is 16.2. The number of hydrogen-bond donors (Lipinski definition) is 0. The third-order valence-corrected chi connectivity index (χ3v) is 5.27. The first kappa shape index (κ1) is 19.1. The molecule has 1 amide bonds. The van der Waals surface area contributed by atoms with Gasteiger partial charge in [-0.15, -0.1) is 0 Å².